The molecule has 0 bridgehead atoms. The molecule has 0 unspecified atom stereocenters. The maximum Gasteiger partial charge on any atom is 1.00 e. The van der Waals surface area contributed by atoms with Crippen molar-refractivity contribution in [2.75, 3.05) is 0 Å². The zero-order chi connectivity index (χ0) is 10.8. The molecule has 0 spiro atoms. The Balaban J connectivity index is -0.0000000107. The van der Waals surface area contributed by atoms with Crippen molar-refractivity contribution in [1.82, 2.24) is 0 Å². The van der Waals surface area contributed by atoms with Crippen LogP contribution in [0.2, 0.25) is 0 Å². The van der Waals surface area contributed by atoms with Gasteiger partial charge in [-0.05, 0) is 0 Å². The summed E-state index contributed by atoms with van der Waals surface area (Å²) in [5.41, 5.74) is 0. The van der Waals surface area contributed by atoms with Gasteiger partial charge in [-0.2, -0.15) is 0 Å². The van der Waals surface area contributed by atoms with E-state index in [4.69, 9.17) is 39.6 Å². The molecule has 84 valence electrons. The first kappa shape index (κ1) is 37.0. The SMILES string of the molecule is O=CO.O=CO.O=CO.O=CO.[H-].[K+].[Ni]. The van der Waals surface area contributed by atoms with Gasteiger partial charge in [0, 0.05) is 16.5 Å². The van der Waals surface area contributed by atoms with E-state index in [1.807, 2.05) is 0 Å². The number of hydrogen-bond donors (Lipinski definition) is 4. The largest absolute Gasteiger partial charge is 1.00 e. The molecule has 0 amide bonds. The smallest absolute Gasteiger partial charge is 1.00 e. The maximum atomic E-state index is 8.36. The second-order valence-corrected chi connectivity index (χ2v) is 0.422. The summed E-state index contributed by atoms with van der Waals surface area (Å²) in [4.78, 5) is 33.4. The van der Waals surface area contributed by atoms with Crippen LogP contribution in [0.25, 0.3) is 0 Å². The van der Waals surface area contributed by atoms with Gasteiger partial charge in [0.2, 0.25) is 0 Å². The van der Waals surface area contributed by atoms with E-state index < -0.39 is 0 Å². The van der Waals surface area contributed by atoms with E-state index in [0.717, 1.165) is 0 Å². The number of rotatable bonds is 0. The third kappa shape index (κ3) is 14900000. The van der Waals surface area contributed by atoms with E-state index in [9.17, 15) is 0 Å². The minimum absolute atomic E-state index is 0. The topological polar surface area (TPSA) is 149 Å². The molecule has 0 heterocycles. The first-order valence-electron chi connectivity index (χ1n) is 1.98. The fraction of sp³-hybridized carbons (Fsp3) is 0. The van der Waals surface area contributed by atoms with Crippen LogP contribution in [0.15, 0.2) is 0 Å². The third-order valence-corrected chi connectivity index (χ3v) is 0. The first-order valence-corrected chi connectivity index (χ1v) is 1.98. The van der Waals surface area contributed by atoms with Gasteiger partial charge in [0.15, 0.2) is 0 Å². The van der Waals surface area contributed by atoms with Crippen molar-refractivity contribution >= 4 is 25.9 Å². The Morgan fingerprint density at radius 1 is 0.643 bits per heavy atom. The standard InChI is InChI=1S/4CH2O2.K.Ni.H/c4*2-1-3;;;/h4*1H,(H,2,3);;;/q;;;;+1;;-1. The minimum Gasteiger partial charge on any atom is -1.00 e. The molecule has 0 atom stereocenters. The molecule has 0 fully saturated rings. The zero-order valence-corrected chi connectivity index (χ0v) is 11.2. The first-order chi connectivity index (χ1) is 5.66. The van der Waals surface area contributed by atoms with Crippen molar-refractivity contribution in [1.29, 1.82) is 0 Å². The Hall–Kier alpha value is 0.00987. The van der Waals surface area contributed by atoms with Crippen LogP contribution in [0, 0.1) is 0 Å². The molecule has 0 saturated carbocycles. The van der Waals surface area contributed by atoms with E-state index in [0.29, 0.717) is 0 Å². The van der Waals surface area contributed by atoms with Crippen molar-refractivity contribution in [2.24, 2.45) is 0 Å². The molecule has 0 aliphatic rings. The second kappa shape index (κ2) is 117. The van der Waals surface area contributed by atoms with E-state index in [1.165, 1.54) is 0 Å². The summed E-state index contributed by atoms with van der Waals surface area (Å²) >= 11 is 0. The normalized spacial score (nSPS) is 3.43. The molecule has 8 nitrogen and oxygen atoms in total. The van der Waals surface area contributed by atoms with Crippen molar-refractivity contribution < 1.29 is 109 Å². The summed E-state index contributed by atoms with van der Waals surface area (Å²) in [5.74, 6) is 0. The molecule has 10 heteroatoms. The average molecular weight is 283 g/mol. The fourth-order valence-electron chi connectivity index (χ4n) is 0. The molecule has 0 aromatic heterocycles. The van der Waals surface area contributed by atoms with E-state index in [1.54, 1.807) is 0 Å². The summed E-state index contributed by atoms with van der Waals surface area (Å²) < 4.78 is 0. The number of hydrogen-bond acceptors (Lipinski definition) is 4. The molecule has 0 aromatic rings. The number of carbonyl (C=O) groups is 4. The van der Waals surface area contributed by atoms with Crippen LogP contribution in [-0.2, 0) is 35.7 Å². The molecular weight excluding hydrogens is 274 g/mol. The summed E-state index contributed by atoms with van der Waals surface area (Å²) in [7, 11) is 0. The van der Waals surface area contributed by atoms with Gasteiger partial charge in [-0.25, -0.2) is 0 Å². The van der Waals surface area contributed by atoms with Gasteiger partial charge in [0.25, 0.3) is 25.9 Å². The van der Waals surface area contributed by atoms with Crippen LogP contribution < -0.4 is 51.4 Å². The summed E-state index contributed by atoms with van der Waals surface area (Å²) in [6.07, 6.45) is 0. The van der Waals surface area contributed by atoms with Crippen LogP contribution in [0.3, 0.4) is 0 Å². The third-order valence-electron chi connectivity index (χ3n) is 0. The Bertz CT molecular complexity index is 80.6. The van der Waals surface area contributed by atoms with E-state index in [2.05, 4.69) is 0 Å². The predicted molar refractivity (Wildman–Crippen MR) is 35.9 cm³/mol. The average Bonchev–Trinajstić information content (AvgIpc) is 1.92. The monoisotopic (exact) mass is 282 g/mol. The molecular formula is C4H9KNiO8. The van der Waals surface area contributed by atoms with Crippen LogP contribution in [-0.4, -0.2) is 46.3 Å². The van der Waals surface area contributed by atoms with E-state index >= 15 is 0 Å². The quantitative estimate of drug-likeness (QED) is 0.259. The Kier molecular flexibility index (Phi) is 308. The van der Waals surface area contributed by atoms with Crippen molar-refractivity contribution in [3.05, 3.63) is 0 Å². The van der Waals surface area contributed by atoms with Crippen molar-refractivity contribution in [3.63, 3.8) is 0 Å². The fourth-order valence-corrected chi connectivity index (χ4v) is 0. The van der Waals surface area contributed by atoms with Gasteiger partial charge in [0.05, 0.1) is 0 Å². The maximum absolute atomic E-state index is 8.36. The Morgan fingerprint density at radius 2 is 0.643 bits per heavy atom. The van der Waals surface area contributed by atoms with Gasteiger partial charge >= 0.3 is 51.4 Å². The molecule has 0 saturated heterocycles. The van der Waals surface area contributed by atoms with Gasteiger partial charge in [0.1, 0.15) is 0 Å². The van der Waals surface area contributed by atoms with E-state index in [-0.39, 0.29) is 95.2 Å². The number of carboxylic acid groups (broad SMARTS) is 4. The van der Waals surface area contributed by atoms with Crippen LogP contribution in [0.5, 0.6) is 0 Å². The minimum atomic E-state index is -0.250. The Morgan fingerprint density at radius 3 is 0.643 bits per heavy atom. The molecule has 0 radical (unpaired) electrons. The molecule has 0 aromatic carbocycles. The molecule has 0 rings (SSSR count). The van der Waals surface area contributed by atoms with Gasteiger partial charge < -0.3 is 21.9 Å². The second-order valence-electron chi connectivity index (χ2n) is 0.422. The van der Waals surface area contributed by atoms with Crippen LogP contribution in [0.1, 0.15) is 1.43 Å². The zero-order valence-electron chi connectivity index (χ0n) is 8.05. The van der Waals surface area contributed by atoms with Gasteiger partial charge in [-0.3, -0.25) is 19.2 Å². The molecule has 0 aliphatic carbocycles. The van der Waals surface area contributed by atoms with Gasteiger partial charge in [-0.1, -0.05) is 0 Å². The van der Waals surface area contributed by atoms with Crippen LogP contribution >= 0.6 is 0 Å². The molecule has 14 heavy (non-hydrogen) atoms. The summed E-state index contributed by atoms with van der Waals surface area (Å²) in [5, 5.41) is 27.6. The summed E-state index contributed by atoms with van der Waals surface area (Å²) in [6.45, 7) is -1.00. The van der Waals surface area contributed by atoms with Crippen molar-refractivity contribution in [3.8, 4) is 0 Å². The Labute approximate surface area is 133 Å². The summed E-state index contributed by atoms with van der Waals surface area (Å²) in [6, 6.07) is 0. The van der Waals surface area contributed by atoms with Gasteiger partial charge in [-0.15, -0.1) is 0 Å². The predicted octanol–water partition coefficient (Wildman–Crippen LogP) is -4.08. The molecule has 0 aliphatic heterocycles. The van der Waals surface area contributed by atoms with Crippen molar-refractivity contribution in [2.45, 2.75) is 0 Å². The molecule has 4 N–H and O–H groups in total. The van der Waals surface area contributed by atoms with Crippen LogP contribution in [0.4, 0.5) is 0 Å².